The standard InChI is InChI=1S/C26H32O4/c1-25(2,3)29-23(27)22(24(28)30-26(4,5)6)21(20-15-11-8-12-16-20)18-17-19-13-9-7-10-14-19/h7-18,21-22H,1-6H3/b18-17+/t21-/m1/s1. The Hall–Kier alpha value is -2.88. The topological polar surface area (TPSA) is 52.6 Å². The van der Waals surface area contributed by atoms with E-state index in [1.807, 2.05) is 72.8 Å². The predicted molar refractivity (Wildman–Crippen MR) is 120 cm³/mol. The maximum Gasteiger partial charge on any atom is 0.321 e. The van der Waals surface area contributed by atoms with Crippen molar-refractivity contribution in [3.05, 3.63) is 77.9 Å². The van der Waals surface area contributed by atoms with Gasteiger partial charge in [-0.15, -0.1) is 0 Å². The molecule has 4 heteroatoms. The number of allylic oxidation sites excluding steroid dienone is 1. The van der Waals surface area contributed by atoms with Gasteiger partial charge in [-0.1, -0.05) is 72.8 Å². The van der Waals surface area contributed by atoms with Crippen LogP contribution in [0.2, 0.25) is 0 Å². The number of rotatable bonds is 6. The van der Waals surface area contributed by atoms with E-state index in [9.17, 15) is 9.59 Å². The molecule has 0 heterocycles. The number of ether oxygens (including phenoxy) is 2. The van der Waals surface area contributed by atoms with Gasteiger partial charge in [-0.25, -0.2) is 0 Å². The quantitative estimate of drug-likeness (QED) is 0.449. The second-order valence-electron chi connectivity index (χ2n) is 9.25. The van der Waals surface area contributed by atoms with E-state index in [4.69, 9.17) is 9.47 Å². The van der Waals surface area contributed by atoms with Crippen LogP contribution in [0.15, 0.2) is 66.7 Å². The van der Waals surface area contributed by atoms with Gasteiger partial charge in [0.15, 0.2) is 5.92 Å². The molecular weight excluding hydrogens is 376 g/mol. The fourth-order valence-electron chi connectivity index (χ4n) is 2.99. The number of esters is 2. The lowest BCUT2D eigenvalue weighted by Gasteiger charge is -2.29. The van der Waals surface area contributed by atoms with Crippen LogP contribution >= 0.6 is 0 Å². The van der Waals surface area contributed by atoms with Gasteiger partial charge < -0.3 is 9.47 Å². The molecule has 0 radical (unpaired) electrons. The number of hydrogen-bond acceptors (Lipinski definition) is 4. The molecule has 0 fully saturated rings. The fourth-order valence-corrected chi connectivity index (χ4v) is 2.99. The van der Waals surface area contributed by atoms with E-state index in [0.717, 1.165) is 11.1 Å². The molecule has 0 saturated heterocycles. The van der Waals surface area contributed by atoms with E-state index in [2.05, 4.69) is 0 Å². The lowest BCUT2D eigenvalue weighted by Crippen LogP contribution is -2.39. The molecule has 2 aromatic rings. The van der Waals surface area contributed by atoms with Gasteiger partial charge in [0.05, 0.1) is 0 Å². The Balaban J connectivity index is 2.51. The van der Waals surface area contributed by atoms with Gasteiger partial charge in [0, 0.05) is 5.92 Å². The number of carbonyl (C=O) groups excluding carboxylic acids is 2. The average molecular weight is 409 g/mol. The minimum atomic E-state index is -1.12. The van der Waals surface area contributed by atoms with Crippen LogP contribution in [0, 0.1) is 5.92 Å². The molecule has 0 saturated carbocycles. The van der Waals surface area contributed by atoms with Gasteiger partial charge in [-0.3, -0.25) is 9.59 Å². The molecule has 0 aromatic heterocycles. The summed E-state index contributed by atoms with van der Waals surface area (Å²) in [6, 6.07) is 19.2. The first kappa shape index (κ1) is 23.4. The van der Waals surface area contributed by atoms with Gasteiger partial charge in [0.25, 0.3) is 0 Å². The normalized spacial score (nSPS) is 13.3. The number of carbonyl (C=O) groups is 2. The van der Waals surface area contributed by atoms with Crippen LogP contribution in [0.1, 0.15) is 58.6 Å². The summed E-state index contributed by atoms with van der Waals surface area (Å²) in [5, 5.41) is 0. The van der Waals surface area contributed by atoms with Crippen molar-refractivity contribution in [3.63, 3.8) is 0 Å². The predicted octanol–water partition coefficient (Wildman–Crippen LogP) is 5.78. The van der Waals surface area contributed by atoms with Crippen molar-refractivity contribution in [1.29, 1.82) is 0 Å². The highest BCUT2D eigenvalue weighted by Gasteiger charge is 2.40. The van der Waals surface area contributed by atoms with Crippen LogP contribution < -0.4 is 0 Å². The summed E-state index contributed by atoms with van der Waals surface area (Å²) in [4.78, 5) is 26.3. The van der Waals surface area contributed by atoms with E-state index >= 15 is 0 Å². The molecule has 0 N–H and O–H groups in total. The molecular formula is C26H32O4. The van der Waals surface area contributed by atoms with E-state index < -0.39 is 35.0 Å². The van der Waals surface area contributed by atoms with Gasteiger partial charge in [-0.2, -0.15) is 0 Å². The first-order valence-corrected chi connectivity index (χ1v) is 10.2. The molecule has 1 atom stereocenters. The highest BCUT2D eigenvalue weighted by Crippen LogP contribution is 2.32. The Kier molecular flexibility index (Phi) is 7.60. The average Bonchev–Trinajstić information content (AvgIpc) is 2.63. The Morgan fingerprint density at radius 3 is 1.60 bits per heavy atom. The first-order chi connectivity index (χ1) is 14.0. The minimum Gasteiger partial charge on any atom is -0.459 e. The van der Waals surface area contributed by atoms with Crippen LogP contribution in [0.5, 0.6) is 0 Å². The lowest BCUT2D eigenvalue weighted by atomic mass is 9.84. The maximum absolute atomic E-state index is 13.2. The number of hydrogen-bond donors (Lipinski definition) is 0. The molecule has 30 heavy (non-hydrogen) atoms. The van der Waals surface area contributed by atoms with Crippen molar-refractivity contribution in [2.45, 2.75) is 58.7 Å². The van der Waals surface area contributed by atoms with Crippen LogP contribution in [0.3, 0.4) is 0 Å². The lowest BCUT2D eigenvalue weighted by molar-refractivity contribution is -0.175. The SMILES string of the molecule is CC(C)(C)OC(=O)C(C(=O)OC(C)(C)C)[C@H](/C=C/c1ccccc1)c1ccccc1. The van der Waals surface area contributed by atoms with E-state index in [1.54, 1.807) is 41.5 Å². The van der Waals surface area contributed by atoms with Crippen molar-refractivity contribution in [3.8, 4) is 0 Å². The van der Waals surface area contributed by atoms with Gasteiger partial charge in [0.1, 0.15) is 11.2 Å². The molecule has 0 aliphatic carbocycles. The number of benzene rings is 2. The summed E-state index contributed by atoms with van der Waals surface area (Å²) in [7, 11) is 0. The molecule has 2 aromatic carbocycles. The smallest absolute Gasteiger partial charge is 0.321 e. The second-order valence-corrected chi connectivity index (χ2v) is 9.25. The van der Waals surface area contributed by atoms with Crippen molar-refractivity contribution in [2.24, 2.45) is 5.92 Å². The van der Waals surface area contributed by atoms with Gasteiger partial charge in [0.2, 0.25) is 0 Å². The van der Waals surface area contributed by atoms with E-state index in [-0.39, 0.29) is 0 Å². The Bertz CT molecular complexity index is 827. The highest BCUT2D eigenvalue weighted by molar-refractivity contribution is 5.97. The molecule has 0 amide bonds. The molecule has 0 spiro atoms. The summed E-state index contributed by atoms with van der Waals surface area (Å²) in [6.07, 6.45) is 3.79. The Morgan fingerprint density at radius 2 is 1.17 bits per heavy atom. The van der Waals surface area contributed by atoms with E-state index in [1.165, 1.54) is 0 Å². The van der Waals surface area contributed by atoms with E-state index in [0.29, 0.717) is 0 Å². The fraction of sp³-hybridized carbons (Fsp3) is 0.385. The molecule has 160 valence electrons. The van der Waals surface area contributed by atoms with Crippen LogP contribution in [0.25, 0.3) is 6.08 Å². The van der Waals surface area contributed by atoms with Crippen LogP contribution in [-0.4, -0.2) is 23.1 Å². The molecule has 0 unspecified atom stereocenters. The second kappa shape index (κ2) is 9.75. The third-order valence-corrected chi connectivity index (χ3v) is 4.16. The maximum atomic E-state index is 13.2. The highest BCUT2D eigenvalue weighted by atomic mass is 16.6. The molecule has 0 bridgehead atoms. The van der Waals surface area contributed by atoms with Crippen molar-refractivity contribution < 1.29 is 19.1 Å². The Morgan fingerprint density at radius 1 is 0.733 bits per heavy atom. The largest absolute Gasteiger partial charge is 0.459 e. The molecule has 4 nitrogen and oxygen atoms in total. The third kappa shape index (κ3) is 7.51. The zero-order chi connectivity index (χ0) is 22.4. The summed E-state index contributed by atoms with van der Waals surface area (Å²) < 4.78 is 11.2. The third-order valence-electron chi connectivity index (χ3n) is 4.16. The Labute approximate surface area is 179 Å². The zero-order valence-electron chi connectivity index (χ0n) is 18.7. The zero-order valence-corrected chi connectivity index (χ0v) is 18.7. The van der Waals surface area contributed by atoms with Crippen molar-refractivity contribution in [1.82, 2.24) is 0 Å². The minimum absolute atomic E-state index is 0.531. The van der Waals surface area contributed by atoms with Crippen molar-refractivity contribution >= 4 is 18.0 Å². The molecule has 2 rings (SSSR count). The molecule has 0 aliphatic heterocycles. The van der Waals surface area contributed by atoms with Crippen molar-refractivity contribution in [2.75, 3.05) is 0 Å². The van der Waals surface area contributed by atoms with Gasteiger partial charge in [-0.05, 0) is 52.7 Å². The molecule has 0 aliphatic rings. The summed E-state index contributed by atoms with van der Waals surface area (Å²) in [6.45, 7) is 10.7. The summed E-state index contributed by atoms with van der Waals surface area (Å²) in [5.41, 5.74) is 0.376. The summed E-state index contributed by atoms with van der Waals surface area (Å²) >= 11 is 0. The monoisotopic (exact) mass is 408 g/mol. The van der Waals surface area contributed by atoms with Gasteiger partial charge >= 0.3 is 11.9 Å². The van der Waals surface area contributed by atoms with Crippen LogP contribution in [0.4, 0.5) is 0 Å². The first-order valence-electron chi connectivity index (χ1n) is 10.2. The summed E-state index contributed by atoms with van der Waals surface area (Å²) in [5.74, 6) is -2.84. The van der Waals surface area contributed by atoms with Crippen LogP contribution in [-0.2, 0) is 19.1 Å².